The Labute approximate surface area is 68.4 Å². The van der Waals surface area contributed by atoms with Gasteiger partial charge in [-0.2, -0.15) is 0 Å². The Morgan fingerprint density at radius 2 is 2.17 bits per heavy atom. The molecule has 4 N–H and O–H groups in total. The molecule has 2 aromatic rings. The van der Waals surface area contributed by atoms with E-state index in [4.69, 9.17) is 5.73 Å². The highest BCUT2D eigenvalue weighted by Crippen LogP contribution is 2.10. The predicted octanol–water partition coefficient (Wildman–Crippen LogP) is 0.315. The van der Waals surface area contributed by atoms with Gasteiger partial charge in [-0.05, 0) is 11.6 Å². The van der Waals surface area contributed by atoms with Crippen LogP contribution in [0.15, 0.2) is 23.0 Å². The van der Waals surface area contributed by atoms with E-state index in [1.165, 1.54) is 0 Å². The summed E-state index contributed by atoms with van der Waals surface area (Å²) in [7, 11) is 0. The third kappa shape index (κ3) is 0.853. The van der Waals surface area contributed by atoms with Crippen molar-refractivity contribution in [1.82, 2.24) is 10.2 Å². The van der Waals surface area contributed by atoms with Crippen molar-refractivity contribution in [2.75, 3.05) is 0 Å². The fourth-order valence-corrected chi connectivity index (χ4v) is 1.33. The number of rotatable bonds is 1. The highest BCUT2D eigenvalue weighted by Gasteiger charge is 2.03. The smallest absolute Gasteiger partial charge is 0.272 e. The molecule has 4 heteroatoms. The Bertz CT molecular complexity index is 455. The number of benzene rings is 1. The van der Waals surface area contributed by atoms with Gasteiger partial charge in [0.05, 0.1) is 10.9 Å². The molecule has 0 unspecified atom stereocenters. The van der Waals surface area contributed by atoms with Gasteiger partial charge in [0.25, 0.3) is 5.56 Å². The van der Waals surface area contributed by atoms with Crippen LogP contribution in [-0.4, -0.2) is 10.2 Å². The van der Waals surface area contributed by atoms with Gasteiger partial charge in [0.2, 0.25) is 0 Å². The van der Waals surface area contributed by atoms with Crippen molar-refractivity contribution in [3.8, 4) is 0 Å². The molecule has 1 aromatic carbocycles. The summed E-state index contributed by atoms with van der Waals surface area (Å²) in [5.41, 5.74) is 7.05. The van der Waals surface area contributed by atoms with E-state index >= 15 is 0 Å². The van der Waals surface area contributed by atoms with Gasteiger partial charge in [0, 0.05) is 6.54 Å². The van der Waals surface area contributed by atoms with Crippen molar-refractivity contribution >= 4 is 10.9 Å². The second kappa shape index (κ2) is 2.49. The van der Waals surface area contributed by atoms with E-state index in [0.29, 0.717) is 11.9 Å². The number of H-pyrrole nitrogens is 2. The first kappa shape index (κ1) is 7.12. The Morgan fingerprint density at radius 1 is 1.33 bits per heavy atom. The fraction of sp³-hybridized carbons (Fsp3) is 0.125. The molecule has 0 amide bonds. The standard InChI is InChI=1S/C8H9N3O/c9-4-5-2-1-3-6-7(5)8(12)11-10-6/h1-3H,4,9H2,(H2,10,11,12). The summed E-state index contributed by atoms with van der Waals surface area (Å²) in [6.45, 7) is 0.387. The van der Waals surface area contributed by atoms with Crippen LogP contribution in [0.2, 0.25) is 0 Å². The predicted molar refractivity (Wildman–Crippen MR) is 46.8 cm³/mol. The van der Waals surface area contributed by atoms with Crippen LogP contribution in [0.1, 0.15) is 5.56 Å². The Hall–Kier alpha value is -1.55. The first-order chi connectivity index (χ1) is 5.83. The molecular formula is C8H9N3O. The number of hydrogen-bond acceptors (Lipinski definition) is 2. The van der Waals surface area contributed by atoms with Crippen LogP contribution >= 0.6 is 0 Å². The van der Waals surface area contributed by atoms with Crippen LogP contribution < -0.4 is 11.3 Å². The summed E-state index contributed by atoms with van der Waals surface area (Å²) in [6.07, 6.45) is 0. The Morgan fingerprint density at radius 3 is 2.92 bits per heavy atom. The number of aromatic amines is 2. The van der Waals surface area contributed by atoms with Gasteiger partial charge in [0.15, 0.2) is 0 Å². The third-order valence-corrected chi connectivity index (χ3v) is 1.91. The molecule has 62 valence electrons. The zero-order chi connectivity index (χ0) is 8.55. The van der Waals surface area contributed by atoms with Gasteiger partial charge in [0.1, 0.15) is 0 Å². The van der Waals surface area contributed by atoms with Crippen LogP contribution in [-0.2, 0) is 6.54 Å². The summed E-state index contributed by atoms with van der Waals surface area (Å²) < 4.78 is 0. The SMILES string of the molecule is NCc1cccc2[nH][nH]c(=O)c12. The average Bonchev–Trinajstić information content (AvgIpc) is 2.48. The van der Waals surface area contributed by atoms with Crippen molar-refractivity contribution in [2.45, 2.75) is 6.54 Å². The minimum Gasteiger partial charge on any atom is -0.326 e. The molecule has 1 aromatic heterocycles. The average molecular weight is 163 g/mol. The molecule has 0 saturated heterocycles. The fourth-order valence-electron chi connectivity index (χ4n) is 1.33. The molecule has 0 aliphatic carbocycles. The first-order valence-electron chi connectivity index (χ1n) is 3.71. The number of hydrogen-bond donors (Lipinski definition) is 3. The topological polar surface area (TPSA) is 74.7 Å². The first-order valence-corrected chi connectivity index (χ1v) is 3.71. The maximum atomic E-state index is 11.2. The highest BCUT2D eigenvalue weighted by atomic mass is 16.1. The second-order valence-electron chi connectivity index (χ2n) is 2.62. The Kier molecular flexibility index (Phi) is 1.48. The molecule has 2 rings (SSSR count). The van der Waals surface area contributed by atoms with Crippen LogP contribution in [0.4, 0.5) is 0 Å². The lowest BCUT2D eigenvalue weighted by Crippen LogP contribution is -2.04. The molecule has 0 fully saturated rings. The normalized spacial score (nSPS) is 10.8. The minimum absolute atomic E-state index is 0.106. The molecule has 0 aliphatic heterocycles. The zero-order valence-corrected chi connectivity index (χ0v) is 6.42. The van der Waals surface area contributed by atoms with E-state index in [1.54, 1.807) is 0 Å². The number of nitrogens with two attached hydrogens (primary N) is 1. The van der Waals surface area contributed by atoms with Gasteiger partial charge >= 0.3 is 0 Å². The highest BCUT2D eigenvalue weighted by molar-refractivity contribution is 5.81. The zero-order valence-electron chi connectivity index (χ0n) is 6.42. The lowest BCUT2D eigenvalue weighted by molar-refractivity contribution is 1.07. The van der Waals surface area contributed by atoms with Crippen LogP contribution in [0.5, 0.6) is 0 Å². The molecule has 0 spiro atoms. The van der Waals surface area contributed by atoms with Crippen molar-refractivity contribution in [2.24, 2.45) is 5.73 Å². The number of fused-ring (bicyclic) bond motifs is 1. The van der Waals surface area contributed by atoms with E-state index in [2.05, 4.69) is 10.2 Å². The molecular weight excluding hydrogens is 154 g/mol. The van der Waals surface area contributed by atoms with Gasteiger partial charge in [-0.1, -0.05) is 12.1 Å². The van der Waals surface area contributed by atoms with E-state index in [1.807, 2.05) is 18.2 Å². The lowest BCUT2D eigenvalue weighted by atomic mass is 10.1. The lowest BCUT2D eigenvalue weighted by Gasteiger charge is -1.95. The molecule has 12 heavy (non-hydrogen) atoms. The van der Waals surface area contributed by atoms with Crippen molar-refractivity contribution in [1.29, 1.82) is 0 Å². The second-order valence-corrected chi connectivity index (χ2v) is 2.62. The molecule has 1 heterocycles. The van der Waals surface area contributed by atoms with E-state index in [-0.39, 0.29) is 5.56 Å². The number of aromatic nitrogens is 2. The van der Waals surface area contributed by atoms with Crippen LogP contribution in [0.3, 0.4) is 0 Å². The minimum atomic E-state index is -0.106. The van der Waals surface area contributed by atoms with Gasteiger partial charge in [-0.3, -0.25) is 15.0 Å². The summed E-state index contributed by atoms with van der Waals surface area (Å²) >= 11 is 0. The molecule has 0 atom stereocenters. The largest absolute Gasteiger partial charge is 0.326 e. The van der Waals surface area contributed by atoms with Crippen LogP contribution in [0, 0.1) is 0 Å². The molecule has 0 aliphatic rings. The van der Waals surface area contributed by atoms with E-state index in [9.17, 15) is 4.79 Å². The van der Waals surface area contributed by atoms with E-state index in [0.717, 1.165) is 11.1 Å². The molecule has 0 radical (unpaired) electrons. The summed E-state index contributed by atoms with van der Waals surface area (Å²) in [4.78, 5) is 11.2. The molecule has 0 saturated carbocycles. The molecule has 0 bridgehead atoms. The number of nitrogens with one attached hydrogen (secondary N) is 2. The van der Waals surface area contributed by atoms with Crippen molar-refractivity contribution in [3.05, 3.63) is 34.1 Å². The quantitative estimate of drug-likeness (QED) is 0.566. The summed E-state index contributed by atoms with van der Waals surface area (Å²) in [5.74, 6) is 0. The van der Waals surface area contributed by atoms with Gasteiger partial charge in [-0.15, -0.1) is 0 Å². The Balaban J connectivity index is 2.93. The monoisotopic (exact) mass is 163 g/mol. The molecule has 4 nitrogen and oxygen atoms in total. The van der Waals surface area contributed by atoms with Gasteiger partial charge < -0.3 is 5.73 Å². The van der Waals surface area contributed by atoms with E-state index < -0.39 is 0 Å². The van der Waals surface area contributed by atoms with Gasteiger partial charge in [-0.25, -0.2) is 0 Å². The third-order valence-electron chi connectivity index (χ3n) is 1.91. The van der Waals surface area contributed by atoms with Crippen molar-refractivity contribution in [3.63, 3.8) is 0 Å². The summed E-state index contributed by atoms with van der Waals surface area (Å²) in [6, 6.07) is 5.56. The summed E-state index contributed by atoms with van der Waals surface area (Å²) in [5, 5.41) is 5.95. The van der Waals surface area contributed by atoms with Crippen LogP contribution in [0.25, 0.3) is 10.9 Å². The maximum absolute atomic E-state index is 11.2. The maximum Gasteiger partial charge on any atom is 0.272 e. The van der Waals surface area contributed by atoms with Crippen molar-refractivity contribution < 1.29 is 0 Å².